The van der Waals surface area contributed by atoms with E-state index in [-0.39, 0.29) is 17.2 Å². The van der Waals surface area contributed by atoms with Crippen molar-refractivity contribution in [1.29, 1.82) is 0 Å². The molecule has 4 heteroatoms. The van der Waals surface area contributed by atoms with E-state index in [1.165, 1.54) is 0 Å². The highest BCUT2D eigenvalue weighted by molar-refractivity contribution is 6.01. The topological polar surface area (TPSA) is 61.7 Å². The number of nitrogens with one attached hydrogen (secondary N) is 1. The molecule has 2 N–H and O–H groups in total. The minimum atomic E-state index is -0.435. The predicted octanol–water partition coefficient (Wildman–Crippen LogP) is 4.06. The summed E-state index contributed by atoms with van der Waals surface area (Å²) < 4.78 is 0. The Kier molecular flexibility index (Phi) is 4.57. The lowest BCUT2D eigenvalue weighted by molar-refractivity contribution is 0.0952. The first-order valence-electron chi connectivity index (χ1n) is 7.75. The average Bonchev–Trinajstić information content (AvgIpc) is 2.61. The van der Waals surface area contributed by atoms with Crippen molar-refractivity contribution < 1.29 is 9.90 Å². The van der Waals surface area contributed by atoms with Crippen LogP contribution in [0.3, 0.4) is 0 Å². The van der Waals surface area contributed by atoms with Crippen molar-refractivity contribution in [3.05, 3.63) is 77.9 Å². The summed E-state index contributed by atoms with van der Waals surface area (Å²) in [5.41, 5.74) is 3.80. The van der Waals surface area contributed by atoms with Crippen LogP contribution in [0.15, 0.2) is 71.8 Å². The van der Waals surface area contributed by atoms with Crippen LogP contribution in [-0.4, -0.2) is 17.2 Å². The Labute approximate surface area is 140 Å². The fraction of sp³-hybridized carbons (Fsp3) is 0.100. The van der Waals surface area contributed by atoms with Gasteiger partial charge in [0, 0.05) is 12.1 Å². The zero-order valence-electron chi connectivity index (χ0n) is 13.3. The minimum Gasteiger partial charge on any atom is -0.507 e. The van der Waals surface area contributed by atoms with Crippen molar-refractivity contribution in [3.63, 3.8) is 0 Å². The lowest BCUT2D eigenvalue weighted by Gasteiger charge is -2.07. The molecule has 1 atom stereocenters. The maximum atomic E-state index is 12.2. The second kappa shape index (κ2) is 6.96. The molecule has 1 amide bonds. The van der Waals surface area contributed by atoms with Crippen molar-refractivity contribution in [2.75, 3.05) is 0 Å². The Morgan fingerprint density at radius 2 is 1.67 bits per heavy atom. The number of hydrazone groups is 1. The van der Waals surface area contributed by atoms with E-state index >= 15 is 0 Å². The zero-order chi connectivity index (χ0) is 16.9. The Bertz CT molecular complexity index is 889. The SMILES string of the molecule is C[C@@H](/C=N\NC(=O)c1cc2ccccc2cc1O)c1ccccc1. The summed E-state index contributed by atoms with van der Waals surface area (Å²) in [4.78, 5) is 12.2. The molecular formula is C20H18N2O2. The number of hydrogen-bond acceptors (Lipinski definition) is 3. The fourth-order valence-electron chi connectivity index (χ4n) is 2.52. The zero-order valence-corrected chi connectivity index (χ0v) is 13.3. The number of nitrogens with zero attached hydrogens (tertiary/aromatic N) is 1. The number of rotatable bonds is 4. The minimum absolute atomic E-state index is 0.0579. The molecule has 3 aromatic rings. The monoisotopic (exact) mass is 318 g/mol. The van der Waals surface area contributed by atoms with Gasteiger partial charge in [0.25, 0.3) is 5.91 Å². The van der Waals surface area contributed by atoms with E-state index in [1.807, 2.05) is 61.5 Å². The summed E-state index contributed by atoms with van der Waals surface area (Å²) in [6.45, 7) is 2.00. The number of fused-ring (bicyclic) bond motifs is 1. The first-order chi connectivity index (χ1) is 11.6. The Hall–Kier alpha value is -3.14. The van der Waals surface area contributed by atoms with Gasteiger partial charge in [-0.05, 0) is 28.5 Å². The lowest BCUT2D eigenvalue weighted by atomic mass is 10.0. The average molecular weight is 318 g/mol. The molecule has 0 bridgehead atoms. The summed E-state index contributed by atoms with van der Waals surface area (Å²) in [6.07, 6.45) is 1.67. The first kappa shape index (κ1) is 15.7. The number of hydrogen-bond donors (Lipinski definition) is 2. The summed E-state index contributed by atoms with van der Waals surface area (Å²) in [6, 6.07) is 20.7. The number of phenolic OH excluding ortho intramolecular Hbond substituents is 1. The van der Waals surface area contributed by atoms with Crippen LogP contribution in [0.5, 0.6) is 5.75 Å². The van der Waals surface area contributed by atoms with Gasteiger partial charge in [-0.1, -0.05) is 61.5 Å². The number of carbonyl (C=O) groups excluding carboxylic acids is 1. The van der Waals surface area contributed by atoms with Crippen molar-refractivity contribution >= 4 is 22.9 Å². The van der Waals surface area contributed by atoms with Gasteiger partial charge in [0.1, 0.15) is 5.75 Å². The third-order valence-corrected chi connectivity index (χ3v) is 3.90. The molecule has 0 aliphatic rings. The maximum Gasteiger partial charge on any atom is 0.275 e. The molecule has 3 aromatic carbocycles. The van der Waals surface area contributed by atoms with Crippen LogP contribution < -0.4 is 5.43 Å². The van der Waals surface area contributed by atoms with Crippen molar-refractivity contribution in [3.8, 4) is 5.75 Å². The summed E-state index contributed by atoms with van der Waals surface area (Å²) in [5, 5.41) is 15.8. The van der Waals surface area contributed by atoms with Gasteiger partial charge >= 0.3 is 0 Å². The maximum absolute atomic E-state index is 12.2. The molecule has 24 heavy (non-hydrogen) atoms. The molecule has 120 valence electrons. The van der Waals surface area contributed by atoms with E-state index in [1.54, 1.807) is 18.3 Å². The molecule has 0 aromatic heterocycles. The van der Waals surface area contributed by atoms with Crippen molar-refractivity contribution in [2.24, 2.45) is 5.10 Å². The van der Waals surface area contributed by atoms with E-state index < -0.39 is 5.91 Å². The molecule has 0 unspecified atom stereocenters. The fourth-order valence-corrected chi connectivity index (χ4v) is 2.52. The largest absolute Gasteiger partial charge is 0.507 e. The quantitative estimate of drug-likeness (QED) is 0.563. The second-order valence-electron chi connectivity index (χ2n) is 5.63. The van der Waals surface area contributed by atoms with Crippen LogP contribution in [0.4, 0.5) is 0 Å². The third kappa shape index (κ3) is 3.43. The summed E-state index contributed by atoms with van der Waals surface area (Å²) in [7, 11) is 0. The molecule has 0 heterocycles. The van der Waals surface area contributed by atoms with Gasteiger partial charge in [0.15, 0.2) is 0 Å². The molecule has 0 fully saturated rings. The lowest BCUT2D eigenvalue weighted by Crippen LogP contribution is -2.18. The van der Waals surface area contributed by atoms with Crippen LogP contribution in [0.2, 0.25) is 0 Å². The summed E-state index contributed by atoms with van der Waals surface area (Å²) >= 11 is 0. The molecule has 0 saturated heterocycles. The van der Waals surface area contributed by atoms with Crippen LogP contribution in [0, 0.1) is 0 Å². The normalized spacial score (nSPS) is 12.4. The van der Waals surface area contributed by atoms with Gasteiger partial charge in [-0.2, -0.15) is 5.10 Å². The first-order valence-corrected chi connectivity index (χ1v) is 7.75. The van der Waals surface area contributed by atoms with Gasteiger partial charge in [0.2, 0.25) is 0 Å². The molecule has 0 saturated carbocycles. The van der Waals surface area contributed by atoms with E-state index in [9.17, 15) is 9.90 Å². The molecule has 0 aliphatic heterocycles. The smallest absolute Gasteiger partial charge is 0.275 e. The van der Waals surface area contributed by atoms with Crippen molar-refractivity contribution in [2.45, 2.75) is 12.8 Å². The number of carbonyl (C=O) groups is 1. The highest BCUT2D eigenvalue weighted by atomic mass is 16.3. The van der Waals surface area contributed by atoms with Crippen LogP contribution in [-0.2, 0) is 0 Å². The number of amides is 1. The highest BCUT2D eigenvalue weighted by Crippen LogP contribution is 2.24. The number of benzene rings is 3. The van der Waals surface area contributed by atoms with Gasteiger partial charge in [-0.25, -0.2) is 5.43 Å². The van der Waals surface area contributed by atoms with Gasteiger partial charge in [0.05, 0.1) is 5.56 Å². The third-order valence-electron chi connectivity index (χ3n) is 3.90. The number of aromatic hydroxyl groups is 1. The molecule has 0 spiro atoms. The van der Waals surface area contributed by atoms with Gasteiger partial charge < -0.3 is 5.11 Å². The van der Waals surface area contributed by atoms with Crippen molar-refractivity contribution in [1.82, 2.24) is 5.43 Å². The van der Waals surface area contributed by atoms with Crippen LogP contribution >= 0.6 is 0 Å². The molecule has 0 radical (unpaired) electrons. The van der Waals surface area contributed by atoms with Crippen LogP contribution in [0.25, 0.3) is 10.8 Å². The Morgan fingerprint density at radius 1 is 1.04 bits per heavy atom. The van der Waals surface area contributed by atoms with Crippen LogP contribution in [0.1, 0.15) is 28.8 Å². The van der Waals surface area contributed by atoms with E-state index in [0.717, 1.165) is 16.3 Å². The number of phenols is 1. The van der Waals surface area contributed by atoms with Gasteiger partial charge in [-0.3, -0.25) is 4.79 Å². The molecular weight excluding hydrogens is 300 g/mol. The standard InChI is InChI=1S/C20H18N2O2/c1-14(15-7-3-2-4-8-15)13-21-22-20(24)18-11-16-9-5-6-10-17(16)12-19(18)23/h2-14,23H,1H3,(H,22,24)/b21-13-/t14-/m0/s1. The molecule has 4 nitrogen and oxygen atoms in total. The Morgan fingerprint density at radius 3 is 2.38 bits per heavy atom. The summed E-state index contributed by atoms with van der Waals surface area (Å²) in [5.74, 6) is -0.413. The van der Waals surface area contributed by atoms with E-state index in [2.05, 4.69) is 10.5 Å². The predicted molar refractivity (Wildman–Crippen MR) is 96.4 cm³/mol. The van der Waals surface area contributed by atoms with Gasteiger partial charge in [-0.15, -0.1) is 0 Å². The Balaban J connectivity index is 1.73. The molecule has 3 rings (SSSR count). The second-order valence-corrected chi connectivity index (χ2v) is 5.63. The molecule has 0 aliphatic carbocycles. The van der Waals surface area contributed by atoms with E-state index in [4.69, 9.17) is 0 Å². The van der Waals surface area contributed by atoms with E-state index in [0.29, 0.717) is 0 Å². The highest BCUT2D eigenvalue weighted by Gasteiger charge is 2.12.